The second kappa shape index (κ2) is 6.73. The number of nitriles is 1. The molecule has 0 saturated carbocycles. The Morgan fingerprint density at radius 2 is 2.05 bits per heavy atom. The number of anilines is 1. The summed E-state index contributed by atoms with van der Waals surface area (Å²) in [6.07, 6.45) is 0.181. The third-order valence-electron chi connectivity index (χ3n) is 2.86. The van der Waals surface area contributed by atoms with Crippen molar-refractivity contribution in [3.8, 4) is 6.07 Å². The number of aryl methyl sites for hydroxylation is 1. The molecular formula is C14H21N3O2S. The highest BCUT2D eigenvalue weighted by Gasteiger charge is 2.26. The van der Waals surface area contributed by atoms with Gasteiger partial charge in [-0.2, -0.15) is 9.57 Å². The van der Waals surface area contributed by atoms with Gasteiger partial charge in [0, 0.05) is 25.2 Å². The van der Waals surface area contributed by atoms with Crippen molar-refractivity contribution in [1.29, 1.82) is 5.26 Å². The fourth-order valence-corrected chi connectivity index (χ4v) is 3.80. The lowest BCUT2D eigenvalue weighted by atomic mass is 10.2. The van der Waals surface area contributed by atoms with Crippen molar-refractivity contribution in [3.05, 3.63) is 23.8 Å². The van der Waals surface area contributed by atoms with Crippen molar-refractivity contribution in [3.63, 3.8) is 0 Å². The minimum atomic E-state index is -3.59. The summed E-state index contributed by atoms with van der Waals surface area (Å²) >= 11 is 0. The second-order valence-electron chi connectivity index (χ2n) is 5.19. The molecule has 1 aromatic carbocycles. The quantitative estimate of drug-likeness (QED) is 0.814. The number of nitrogens with two attached hydrogens (primary N) is 1. The molecule has 110 valence electrons. The number of rotatable bonds is 6. The van der Waals surface area contributed by atoms with Gasteiger partial charge in [-0.3, -0.25) is 0 Å². The van der Waals surface area contributed by atoms with Crippen LogP contribution in [0.15, 0.2) is 23.1 Å². The van der Waals surface area contributed by atoms with Gasteiger partial charge >= 0.3 is 0 Å². The average molecular weight is 295 g/mol. The first-order chi connectivity index (χ1) is 9.28. The summed E-state index contributed by atoms with van der Waals surface area (Å²) in [5.41, 5.74) is 6.81. The Balaban J connectivity index is 3.18. The topological polar surface area (TPSA) is 87.2 Å². The van der Waals surface area contributed by atoms with Crippen LogP contribution in [0.5, 0.6) is 0 Å². The first-order valence-electron chi connectivity index (χ1n) is 6.52. The van der Waals surface area contributed by atoms with Gasteiger partial charge in [0.15, 0.2) is 0 Å². The van der Waals surface area contributed by atoms with Crippen molar-refractivity contribution >= 4 is 15.7 Å². The zero-order chi connectivity index (χ0) is 15.3. The normalized spacial score (nSPS) is 11.8. The Bertz CT molecular complexity index is 603. The third kappa shape index (κ3) is 3.95. The number of nitrogen functional groups attached to an aromatic ring is 1. The number of benzene rings is 1. The Kier molecular flexibility index (Phi) is 5.54. The summed E-state index contributed by atoms with van der Waals surface area (Å²) in [7, 11) is -3.59. The van der Waals surface area contributed by atoms with E-state index in [1.54, 1.807) is 19.1 Å². The molecule has 0 radical (unpaired) electrons. The van der Waals surface area contributed by atoms with Gasteiger partial charge in [0.2, 0.25) is 10.0 Å². The summed E-state index contributed by atoms with van der Waals surface area (Å²) in [6.45, 7) is 6.23. The van der Waals surface area contributed by atoms with Gasteiger partial charge in [-0.05, 0) is 36.6 Å². The third-order valence-corrected chi connectivity index (χ3v) is 4.88. The Hall–Kier alpha value is -1.58. The Labute approximate surface area is 121 Å². The first-order valence-corrected chi connectivity index (χ1v) is 7.96. The standard InChI is InChI=1S/C14H21N3O2S/c1-11(2)10-17(8-4-7-15)20(18,19)14-6-5-13(16)9-12(14)3/h5-6,9,11H,4,8,10,16H2,1-3H3. The van der Waals surface area contributed by atoms with Crippen molar-refractivity contribution in [2.75, 3.05) is 18.8 Å². The molecule has 1 rings (SSSR count). The van der Waals surface area contributed by atoms with E-state index in [0.29, 0.717) is 17.8 Å². The molecule has 0 bridgehead atoms. The van der Waals surface area contributed by atoms with E-state index in [2.05, 4.69) is 0 Å². The van der Waals surface area contributed by atoms with Gasteiger partial charge in [-0.15, -0.1) is 0 Å². The molecule has 0 aliphatic heterocycles. The highest BCUT2D eigenvalue weighted by Crippen LogP contribution is 2.22. The number of sulfonamides is 1. The van der Waals surface area contributed by atoms with Gasteiger partial charge < -0.3 is 5.73 Å². The number of hydrogen-bond acceptors (Lipinski definition) is 4. The smallest absolute Gasteiger partial charge is 0.243 e. The lowest BCUT2D eigenvalue weighted by Crippen LogP contribution is -2.35. The molecule has 0 fully saturated rings. The number of hydrogen-bond donors (Lipinski definition) is 1. The fourth-order valence-electron chi connectivity index (χ4n) is 1.99. The van der Waals surface area contributed by atoms with Crippen molar-refractivity contribution in [2.45, 2.75) is 32.1 Å². The van der Waals surface area contributed by atoms with Gasteiger partial charge in [0.25, 0.3) is 0 Å². The van der Waals surface area contributed by atoms with Crippen LogP contribution in [0, 0.1) is 24.2 Å². The van der Waals surface area contributed by atoms with Crippen LogP contribution in [-0.2, 0) is 10.0 Å². The van der Waals surface area contributed by atoms with E-state index < -0.39 is 10.0 Å². The van der Waals surface area contributed by atoms with E-state index >= 15 is 0 Å². The van der Waals surface area contributed by atoms with E-state index in [0.717, 1.165) is 0 Å². The lowest BCUT2D eigenvalue weighted by Gasteiger charge is -2.24. The molecule has 0 spiro atoms. The highest BCUT2D eigenvalue weighted by atomic mass is 32.2. The molecule has 2 N–H and O–H groups in total. The molecular weight excluding hydrogens is 274 g/mol. The molecule has 0 aromatic heterocycles. The van der Waals surface area contributed by atoms with Crippen LogP contribution in [0.4, 0.5) is 5.69 Å². The Morgan fingerprint density at radius 1 is 1.40 bits per heavy atom. The summed E-state index contributed by atoms with van der Waals surface area (Å²) in [5.74, 6) is 0.192. The molecule has 0 aliphatic carbocycles. The molecule has 0 saturated heterocycles. The van der Waals surface area contributed by atoms with E-state index in [1.807, 2.05) is 19.9 Å². The molecule has 20 heavy (non-hydrogen) atoms. The molecule has 0 atom stereocenters. The summed E-state index contributed by atoms with van der Waals surface area (Å²) in [4.78, 5) is 0.255. The monoisotopic (exact) mass is 295 g/mol. The van der Waals surface area contributed by atoms with Crippen LogP contribution in [0.3, 0.4) is 0 Å². The Morgan fingerprint density at radius 3 is 2.55 bits per heavy atom. The SMILES string of the molecule is Cc1cc(N)ccc1S(=O)(=O)N(CCC#N)CC(C)C. The largest absolute Gasteiger partial charge is 0.399 e. The molecule has 5 nitrogen and oxygen atoms in total. The van der Waals surface area contributed by atoms with E-state index in [1.165, 1.54) is 10.4 Å². The van der Waals surface area contributed by atoms with E-state index in [4.69, 9.17) is 11.0 Å². The van der Waals surface area contributed by atoms with E-state index in [-0.39, 0.29) is 23.8 Å². The molecule has 0 amide bonds. The molecule has 0 unspecified atom stereocenters. The van der Waals surface area contributed by atoms with Crippen molar-refractivity contribution in [1.82, 2.24) is 4.31 Å². The van der Waals surface area contributed by atoms with Crippen LogP contribution in [0.1, 0.15) is 25.8 Å². The molecule has 0 heterocycles. The maximum atomic E-state index is 12.7. The summed E-state index contributed by atoms with van der Waals surface area (Å²) in [6, 6.07) is 6.74. The fraction of sp³-hybridized carbons (Fsp3) is 0.500. The minimum absolute atomic E-state index is 0.181. The van der Waals surface area contributed by atoms with Gasteiger partial charge in [0.1, 0.15) is 0 Å². The lowest BCUT2D eigenvalue weighted by molar-refractivity contribution is 0.372. The van der Waals surface area contributed by atoms with E-state index in [9.17, 15) is 8.42 Å². The second-order valence-corrected chi connectivity index (χ2v) is 7.10. The maximum absolute atomic E-state index is 12.7. The molecule has 6 heteroatoms. The maximum Gasteiger partial charge on any atom is 0.243 e. The molecule has 0 aliphatic rings. The van der Waals surface area contributed by atoms with Gasteiger partial charge in [-0.1, -0.05) is 13.8 Å². The minimum Gasteiger partial charge on any atom is -0.399 e. The molecule has 1 aromatic rings. The zero-order valence-electron chi connectivity index (χ0n) is 12.1. The van der Waals surface area contributed by atoms with Crippen LogP contribution in [0.25, 0.3) is 0 Å². The summed E-state index contributed by atoms with van der Waals surface area (Å²) in [5, 5.41) is 8.69. The van der Waals surface area contributed by atoms with Gasteiger partial charge in [0.05, 0.1) is 11.0 Å². The zero-order valence-corrected chi connectivity index (χ0v) is 12.9. The first kappa shape index (κ1) is 16.5. The van der Waals surface area contributed by atoms with Gasteiger partial charge in [-0.25, -0.2) is 8.42 Å². The number of nitrogens with zero attached hydrogens (tertiary/aromatic N) is 2. The predicted octanol–water partition coefficient (Wildman–Crippen LogP) is 2.14. The highest BCUT2D eigenvalue weighted by molar-refractivity contribution is 7.89. The average Bonchev–Trinajstić information content (AvgIpc) is 2.33. The van der Waals surface area contributed by atoms with Crippen LogP contribution >= 0.6 is 0 Å². The van der Waals surface area contributed by atoms with Crippen molar-refractivity contribution in [2.24, 2.45) is 5.92 Å². The summed E-state index contributed by atoms with van der Waals surface area (Å²) < 4.78 is 26.7. The van der Waals surface area contributed by atoms with Crippen LogP contribution in [-0.4, -0.2) is 25.8 Å². The van der Waals surface area contributed by atoms with Crippen molar-refractivity contribution < 1.29 is 8.42 Å². The van der Waals surface area contributed by atoms with Crippen LogP contribution in [0.2, 0.25) is 0 Å². The van der Waals surface area contributed by atoms with Crippen LogP contribution < -0.4 is 5.73 Å². The predicted molar refractivity (Wildman–Crippen MR) is 79.4 cm³/mol.